The van der Waals surface area contributed by atoms with Crippen molar-refractivity contribution >= 4 is 17.9 Å². The predicted molar refractivity (Wildman–Crippen MR) is 274 cm³/mol. The smallest absolute Gasteiger partial charge is 0.306 e. The lowest BCUT2D eigenvalue weighted by Crippen LogP contribution is -2.30. The number of hydrogen-bond acceptors (Lipinski definition) is 6. The van der Waals surface area contributed by atoms with Crippen LogP contribution in [0.25, 0.3) is 0 Å². The normalized spacial score (nSPS) is 13.1. The van der Waals surface area contributed by atoms with Crippen molar-refractivity contribution in [2.24, 2.45) is 0 Å². The van der Waals surface area contributed by atoms with Crippen LogP contribution in [0.5, 0.6) is 0 Å². The summed E-state index contributed by atoms with van der Waals surface area (Å²) in [5.74, 6) is -1.03. The van der Waals surface area contributed by atoms with Crippen LogP contribution in [0, 0.1) is 0 Å². The van der Waals surface area contributed by atoms with E-state index >= 15 is 0 Å². The Hall–Kier alpha value is -4.19. The molecule has 0 aromatic heterocycles. The summed E-state index contributed by atoms with van der Waals surface area (Å²) in [6.45, 7) is 6.36. The third kappa shape index (κ3) is 48.8. The highest BCUT2D eigenvalue weighted by Gasteiger charge is 2.19. The maximum atomic E-state index is 12.8. The molecule has 64 heavy (non-hydrogen) atoms. The van der Waals surface area contributed by atoms with Crippen molar-refractivity contribution < 1.29 is 28.6 Å². The first kappa shape index (κ1) is 59.8. The number of carbonyl (C=O) groups is 3. The van der Waals surface area contributed by atoms with Gasteiger partial charge in [0, 0.05) is 19.3 Å². The number of carbonyl (C=O) groups excluding carboxylic acids is 3. The zero-order chi connectivity index (χ0) is 46.5. The number of allylic oxidation sites excluding steroid dienone is 20. The van der Waals surface area contributed by atoms with Crippen molar-refractivity contribution in [3.63, 3.8) is 0 Å². The molecule has 6 nitrogen and oxygen atoms in total. The third-order valence-electron chi connectivity index (χ3n) is 10.4. The molecule has 6 heteroatoms. The van der Waals surface area contributed by atoms with Crippen molar-refractivity contribution in [3.05, 3.63) is 122 Å². The van der Waals surface area contributed by atoms with Gasteiger partial charge in [0.2, 0.25) is 0 Å². The van der Waals surface area contributed by atoms with Crippen LogP contribution in [0.2, 0.25) is 0 Å². The summed E-state index contributed by atoms with van der Waals surface area (Å²) in [7, 11) is 0. The molecule has 0 rings (SSSR count). The molecule has 0 saturated heterocycles. The highest BCUT2D eigenvalue weighted by atomic mass is 16.6. The molecule has 0 aliphatic heterocycles. The zero-order valence-corrected chi connectivity index (χ0v) is 41.0. The Morgan fingerprint density at radius 3 is 1.17 bits per heavy atom. The van der Waals surface area contributed by atoms with Crippen LogP contribution < -0.4 is 0 Å². The van der Waals surface area contributed by atoms with E-state index in [4.69, 9.17) is 14.2 Å². The van der Waals surface area contributed by atoms with Crippen LogP contribution >= 0.6 is 0 Å². The first-order valence-electron chi connectivity index (χ1n) is 25.6. The minimum atomic E-state index is -0.826. The van der Waals surface area contributed by atoms with E-state index in [2.05, 4.69) is 81.5 Å². The van der Waals surface area contributed by atoms with Gasteiger partial charge in [-0.25, -0.2) is 0 Å². The Morgan fingerprint density at radius 1 is 0.344 bits per heavy atom. The summed E-state index contributed by atoms with van der Waals surface area (Å²) >= 11 is 0. The highest BCUT2D eigenvalue weighted by Crippen LogP contribution is 2.14. The van der Waals surface area contributed by atoms with Crippen LogP contribution in [-0.2, 0) is 28.6 Å². The third-order valence-corrected chi connectivity index (χ3v) is 10.4. The van der Waals surface area contributed by atoms with Gasteiger partial charge in [0.15, 0.2) is 6.10 Å². The lowest BCUT2D eigenvalue weighted by molar-refractivity contribution is -0.167. The maximum absolute atomic E-state index is 12.8. The van der Waals surface area contributed by atoms with Crippen LogP contribution in [-0.4, -0.2) is 37.2 Å². The molecule has 0 aliphatic rings. The van der Waals surface area contributed by atoms with E-state index in [0.29, 0.717) is 19.3 Å². The van der Waals surface area contributed by atoms with E-state index in [-0.39, 0.29) is 37.5 Å². The monoisotopic (exact) mass is 885 g/mol. The number of ether oxygens (including phenoxy) is 3. The fourth-order valence-electron chi connectivity index (χ4n) is 6.52. The molecule has 1 unspecified atom stereocenters. The Morgan fingerprint density at radius 2 is 0.688 bits per heavy atom. The molecule has 0 heterocycles. The first-order chi connectivity index (χ1) is 31.5. The Labute approximate surface area is 392 Å². The summed E-state index contributed by atoms with van der Waals surface area (Å²) in [4.78, 5) is 37.9. The second kappa shape index (κ2) is 51.4. The second-order valence-corrected chi connectivity index (χ2v) is 16.5. The van der Waals surface area contributed by atoms with Crippen molar-refractivity contribution in [3.8, 4) is 0 Å². The average molecular weight is 885 g/mol. The number of esters is 3. The van der Waals surface area contributed by atoms with Crippen LogP contribution in [0.1, 0.15) is 207 Å². The minimum Gasteiger partial charge on any atom is -0.462 e. The molecule has 0 aliphatic carbocycles. The van der Waals surface area contributed by atoms with E-state index < -0.39 is 6.10 Å². The van der Waals surface area contributed by atoms with E-state index in [1.165, 1.54) is 83.5 Å². The molecular weight excluding hydrogens is 793 g/mol. The fourth-order valence-corrected chi connectivity index (χ4v) is 6.52. The van der Waals surface area contributed by atoms with Gasteiger partial charge >= 0.3 is 17.9 Å². The fraction of sp³-hybridized carbons (Fsp3) is 0.603. The summed E-state index contributed by atoms with van der Waals surface area (Å²) < 4.78 is 16.7. The number of hydrogen-bond donors (Lipinski definition) is 0. The zero-order valence-electron chi connectivity index (χ0n) is 41.0. The van der Waals surface area contributed by atoms with Gasteiger partial charge < -0.3 is 14.2 Å². The van der Waals surface area contributed by atoms with E-state index in [1.54, 1.807) is 0 Å². The summed E-state index contributed by atoms with van der Waals surface area (Å²) in [5, 5.41) is 0. The summed E-state index contributed by atoms with van der Waals surface area (Å²) in [6, 6.07) is 0. The van der Waals surface area contributed by atoms with Crippen molar-refractivity contribution in [1.29, 1.82) is 0 Å². The Balaban J connectivity index is 4.59. The Bertz CT molecular complexity index is 1390. The van der Waals surface area contributed by atoms with Gasteiger partial charge in [0.1, 0.15) is 13.2 Å². The quantitative estimate of drug-likeness (QED) is 0.0199. The van der Waals surface area contributed by atoms with E-state index in [1.807, 2.05) is 60.8 Å². The SMILES string of the molecule is CC\C=C/C=C\C=C/C=C\C=C\C=C/CCCCCC(=O)OCC(COC(=O)CCCCCCCCCCCCCC)OC(=O)CCC/C=C\C/C=C\C/C=C\C/C=C\CCCCC. The molecule has 0 bridgehead atoms. The Kier molecular flexibility index (Phi) is 48.1. The molecule has 0 saturated carbocycles. The standard InChI is InChI=1S/C58H92O6/c1-4-7-10-13-16-19-22-25-27-29-31-33-36-39-42-45-48-51-57(60)63-54-55(53-62-56(59)50-47-44-41-38-35-24-21-18-15-12-9-6-3)64-58(61)52-49-46-43-40-37-34-32-30-28-26-23-20-17-14-11-8-5-2/h7,10,13,16-17,19-20,22,25-29,31-34,36,40,43,55H,4-6,8-9,11-12,14-15,18,21,23-24,30,35,37-39,41-42,44-54H2,1-3H3/b10-7-,16-13-,20-17-,22-19-,27-25-,28-26-,31-29+,34-32-,36-33-,43-40-. The second-order valence-electron chi connectivity index (χ2n) is 16.5. The molecule has 360 valence electrons. The average Bonchev–Trinajstić information content (AvgIpc) is 3.29. The van der Waals surface area contributed by atoms with Crippen LogP contribution in [0.3, 0.4) is 0 Å². The first-order valence-corrected chi connectivity index (χ1v) is 25.6. The van der Waals surface area contributed by atoms with Gasteiger partial charge in [0.25, 0.3) is 0 Å². The van der Waals surface area contributed by atoms with Crippen LogP contribution in [0.4, 0.5) is 0 Å². The van der Waals surface area contributed by atoms with Gasteiger partial charge in [-0.2, -0.15) is 0 Å². The summed E-state index contributed by atoms with van der Waals surface area (Å²) in [5.41, 5.74) is 0. The van der Waals surface area contributed by atoms with Gasteiger partial charge in [-0.05, 0) is 77.0 Å². The molecule has 0 fully saturated rings. The largest absolute Gasteiger partial charge is 0.462 e. The molecule has 1 atom stereocenters. The minimum absolute atomic E-state index is 0.116. The van der Waals surface area contributed by atoms with Crippen molar-refractivity contribution in [2.45, 2.75) is 213 Å². The number of rotatable bonds is 44. The molecule has 0 spiro atoms. The van der Waals surface area contributed by atoms with Gasteiger partial charge in [-0.1, -0.05) is 232 Å². The maximum Gasteiger partial charge on any atom is 0.306 e. The lowest BCUT2D eigenvalue weighted by Gasteiger charge is -2.18. The molecule has 0 aromatic carbocycles. The molecule has 0 amide bonds. The van der Waals surface area contributed by atoms with Crippen LogP contribution in [0.15, 0.2) is 122 Å². The predicted octanol–water partition coefficient (Wildman–Crippen LogP) is 16.9. The van der Waals surface area contributed by atoms with Gasteiger partial charge in [-0.3, -0.25) is 14.4 Å². The molecule has 0 aromatic rings. The van der Waals surface area contributed by atoms with Crippen molar-refractivity contribution in [1.82, 2.24) is 0 Å². The van der Waals surface area contributed by atoms with Crippen molar-refractivity contribution in [2.75, 3.05) is 13.2 Å². The highest BCUT2D eigenvalue weighted by molar-refractivity contribution is 5.71. The molecule has 0 N–H and O–H groups in total. The van der Waals surface area contributed by atoms with E-state index in [9.17, 15) is 14.4 Å². The summed E-state index contributed by atoms with van der Waals surface area (Å²) in [6.07, 6.45) is 70.4. The lowest BCUT2D eigenvalue weighted by atomic mass is 10.0. The topological polar surface area (TPSA) is 78.9 Å². The van der Waals surface area contributed by atoms with E-state index in [0.717, 1.165) is 77.0 Å². The van der Waals surface area contributed by atoms with Gasteiger partial charge in [-0.15, -0.1) is 0 Å². The van der Waals surface area contributed by atoms with Gasteiger partial charge in [0.05, 0.1) is 0 Å². The molecular formula is C58H92O6. The molecule has 0 radical (unpaired) electrons. The number of unbranched alkanes of at least 4 members (excludes halogenated alkanes) is 18.